The smallest absolute Gasteiger partial charge is 0.245 e. The quantitative estimate of drug-likeness (QED) is 0.799. The van der Waals surface area contributed by atoms with E-state index in [1.165, 1.54) is 0 Å². The fraction of sp³-hybridized carbons (Fsp3) is 0.0769. The molecule has 0 unspecified atom stereocenters. The van der Waals surface area contributed by atoms with Crippen LogP contribution in [0, 0.1) is 0 Å². The average Bonchev–Trinajstić information content (AvgIpc) is 2.91. The van der Waals surface area contributed by atoms with Crippen LogP contribution in [0.15, 0.2) is 42.7 Å². The van der Waals surface area contributed by atoms with Crippen molar-refractivity contribution >= 4 is 34.7 Å². The molecule has 1 aromatic carbocycles. The molecule has 21 heavy (non-hydrogen) atoms. The number of aromatic nitrogens is 5. The second-order valence-corrected chi connectivity index (χ2v) is 4.95. The Balaban J connectivity index is 1.75. The van der Waals surface area contributed by atoms with Crippen molar-refractivity contribution in [3.8, 4) is 0 Å². The summed E-state index contributed by atoms with van der Waals surface area (Å²) >= 11 is 11.6. The molecular weight excluding hydrogens is 311 g/mol. The van der Waals surface area contributed by atoms with Crippen LogP contribution in [-0.2, 0) is 6.54 Å². The molecule has 8 heteroatoms. The average molecular weight is 321 g/mol. The van der Waals surface area contributed by atoms with Gasteiger partial charge in [-0.25, -0.2) is 0 Å². The van der Waals surface area contributed by atoms with Crippen molar-refractivity contribution in [2.75, 3.05) is 5.32 Å². The summed E-state index contributed by atoms with van der Waals surface area (Å²) in [4.78, 5) is 3.97. The van der Waals surface area contributed by atoms with Crippen LogP contribution in [0.25, 0.3) is 0 Å². The van der Waals surface area contributed by atoms with E-state index in [2.05, 4.69) is 25.6 Å². The van der Waals surface area contributed by atoms with Gasteiger partial charge in [-0.1, -0.05) is 41.9 Å². The molecule has 0 aliphatic heterocycles. The van der Waals surface area contributed by atoms with Crippen molar-refractivity contribution < 1.29 is 0 Å². The molecule has 6 nitrogen and oxygen atoms in total. The van der Waals surface area contributed by atoms with Gasteiger partial charge in [-0.15, -0.1) is 10.2 Å². The molecule has 0 amide bonds. The van der Waals surface area contributed by atoms with Crippen LogP contribution < -0.4 is 5.32 Å². The summed E-state index contributed by atoms with van der Waals surface area (Å²) in [6, 6.07) is 10.0. The Morgan fingerprint density at radius 2 is 1.90 bits per heavy atom. The van der Waals surface area contributed by atoms with E-state index in [1.54, 1.807) is 6.20 Å². The molecule has 0 atom stereocenters. The summed E-state index contributed by atoms with van der Waals surface area (Å²) in [7, 11) is 0. The van der Waals surface area contributed by atoms with Gasteiger partial charge in [0.05, 0.1) is 18.4 Å². The molecule has 0 saturated heterocycles. The maximum Gasteiger partial charge on any atom is 0.245 e. The van der Waals surface area contributed by atoms with Crippen LogP contribution in [-0.4, -0.2) is 25.0 Å². The van der Waals surface area contributed by atoms with Crippen LogP contribution in [0.3, 0.4) is 0 Å². The number of nitrogens with one attached hydrogen (secondary N) is 1. The zero-order valence-electron chi connectivity index (χ0n) is 10.7. The Bertz CT molecular complexity index is 743. The predicted molar refractivity (Wildman–Crippen MR) is 80.9 cm³/mol. The normalized spacial score (nSPS) is 10.6. The SMILES string of the molecule is Clc1nnc(Cl)c(Nc2cnn(Cc3ccccc3)c2)n1. The summed E-state index contributed by atoms with van der Waals surface area (Å²) in [5.41, 5.74) is 1.90. The lowest BCUT2D eigenvalue weighted by Crippen LogP contribution is -2.00. The number of anilines is 2. The third-order valence-corrected chi connectivity index (χ3v) is 3.12. The first-order valence-corrected chi connectivity index (χ1v) is 6.85. The first kappa shape index (κ1) is 13.8. The van der Waals surface area contributed by atoms with Gasteiger partial charge < -0.3 is 5.32 Å². The van der Waals surface area contributed by atoms with Gasteiger partial charge in [-0.05, 0) is 17.2 Å². The number of halogens is 2. The lowest BCUT2D eigenvalue weighted by atomic mass is 10.2. The van der Waals surface area contributed by atoms with E-state index in [1.807, 2.05) is 41.2 Å². The number of benzene rings is 1. The summed E-state index contributed by atoms with van der Waals surface area (Å²) < 4.78 is 1.81. The van der Waals surface area contributed by atoms with Gasteiger partial charge in [-0.2, -0.15) is 10.1 Å². The molecule has 106 valence electrons. The van der Waals surface area contributed by atoms with Crippen LogP contribution in [0.5, 0.6) is 0 Å². The molecule has 3 aromatic rings. The third-order valence-electron chi connectivity index (χ3n) is 2.70. The summed E-state index contributed by atoms with van der Waals surface area (Å²) in [5, 5.41) is 14.7. The topological polar surface area (TPSA) is 68.5 Å². The molecule has 0 radical (unpaired) electrons. The van der Waals surface area contributed by atoms with E-state index in [-0.39, 0.29) is 10.4 Å². The van der Waals surface area contributed by atoms with E-state index in [0.29, 0.717) is 12.4 Å². The molecule has 0 aliphatic carbocycles. The lowest BCUT2D eigenvalue weighted by molar-refractivity contribution is 0.687. The summed E-state index contributed by atoms with van der Waals surface area (Å²) in [6.07, 6.45) is 3.52. The van der Waals surface area contributed by atoms with Crippen LogP contribution >= 0.6 is 23.2 Å². The molecule has 1 N–H and O–H groups in total. The predicted octanol–water partition coefficient (Wildman–Crippen LogP) is 3.17. The Hall–Kier alpha value is -2.18. The first-order valence-electron chi connectivity index (χ1n) is 6.10. The minimum Gasteiger partial charge on any atom is -0.335 e. The van der Waals surface area contributed by atoms with Gasteiger partial charge in [0, 0.05) is 6.20 Å². The van der Waals surface area contributed by atoms with Gasteiger partial charge in [0.2, 0.25) is 5.28 Å². The minimum atomic E-state index is 0.0265. The molecule has 2 aromatic heterocycles. The maximum atomic E-state index is 5.90. The summed E-state index contributed by atoms with van der Waals surface area (Å²) in [5.74, 6) is 0.343. The molecule has 3 rings (SSSR count). The van der Waals surface area contributed by atoms with Crippen LogP contribution in [0.1, 0.15) is 5.56 Å². The first-order chi connectivity index (χ1) is 10.2. The highest BCUT2D eigenvalue weighted by Crippen LogP contribution is 2.21. The second-order valence-electron chi connectivity index (χ2n) is 4.26. The number of nitrogens with zero attached hydrogens (tertiary/aromatic N) is 5. The molecular formula is C13H10Cl2N6. The molecule has 0 bridgehead atoms. The largest absolute Gasteiger partial charge is 0.335 e. The standard InChI is InChI=1S/C13H10Cl2N6/c14-11-12(18-13(15)20-19-11)17-10-6-16-21(8-10)7-9-4-2-1-3-5-9/h1-6,8H,7H2,(H,17,18,20). The number of hydrogen-bond donors (Lipinski definition) is 1. The van der Waals surface area contributed by atoms with Gasteiger partial charge in [0.1, 0.15) is 0 Å². The monoisotopic (exact) mass is 320 g/mol. The summed E-state index contributed by atoms with van der Waals surface area (Å²) in [6.45, 7) is 0.680. The molecule has 0 fully saturated rings. The van der Waals surface area contributed by atoms with Gasteiger partial charge >= 0.3 is 0 Å². The Morgan fingerprint density at radius 1 is 1.10 bits per heavy atom. The second kappa shape index (κ2) is 6.07. The lowest BCUT2D eigenvalue weighted by Gasteiger charge is -2.03. The van der Waals surface area contributed by atoms with E-state index >= 15 is 0 Å². The fourth-order valence-corrected chi connectivity index (χ4v) is 2.04. The van der Waals surface area contributed by atoms with Crippen molar-refractivity contribution in [3.05, 3.63) is 58.7 Å². The molecule has 0 spiro atoms. The fourth-order valence-electron chi connectivity index (χ4n) is 1.79. The highest BCUT2D eigenvalue weighted by atomic mass is 35.5. The zero-order chi connectivity index (χ0) is 14.7. The van der Waals surface area contributed by atoms with E-state index in [4.69, 9.17) is 23.2 Å². The van der Waals surface area contributed by atoms with Crippen molar-refractivity contribution in [2.24, 2.45) is 0 Å². The maximum absolute atomic E-state index is 5.90. The Labute approximate surface area is 130 Å². The molecule has 2 heterocycles. The van der Waals surface area contributed by atoms with Crippen molar-refractivity contribution in [1.82, 2.24) is 25.0 Å². The molecule has 0 aliphatic rings. The minimum absolute atomic E-state index is 0.0265. The Kier molecular flexibility index (Phi) is 3.98. The van der Waals surface area contributed by atoms with Crippen LogP contribution in [0.4, 0.5) is 11.5 Å². The van der Waals surface area contributed by atoms with E-state index in [9.17, 15) is 0 Å². The van der Waals surface area contributed by atoms with Crippen LogP contribution in [0.2, 0.25) is 10.4 Å². The number of hydrogen-bond acceptors (Lipinski definition) is 5. The van der Waals surface area contributed by atoms with E-state index < -0.39 is 0 Å². The Morgan fingerprint density at radius 3 is 2.71 bits per heavy atom. The highest BCUT2D eigenvalue weighted by molar-refractivity contribution is 6.32. The zero-order valence-corrected chi connectivity index (χ0v) is 12.3. The van der Waals surface area contributed by atoms with Crippen molar-refractivity contribution in [1.29, 1.82) is 0 Å². The van der Waals surface area contributed by atoms with Crippen molar-refractivity contribution in [3.63, 3.8) is 0 Å². The van der Waals surface area contributed by atoms with Gasteiger partial charge in [0.15, 0.2) is 11.0 Å². The molecule has 0 saturated carbocycles. The van der Waals surface area contributed by atoms with Crippen molar-refractivity contribution in [2.45, 2.75) is 6.54 Å². The van der Waals surface area contributed by atoms with E-state index in [0.717, 1.165) is 11.3 Å². The third kappa shape index (κ3) is 3.48. The highest BCUT2D eigenvalue weighted by Gasteiger charge is 2.08. The number of rotatable bonds is 4. The van der Waals surface area contributed by atoms with Gasteiger partial charge in [0.25, 0.3) is 0 Å². The van der Waals surface area contributed by atoms with Gasteiger partial charge in [-0.3, -0.25) is 4.68 Å².